The molecule has 1 saturated heterocycles. The molecule has 2 aliphatic carbocycles. The van der Waals surface area contributed by atoms with Gasteiger partial charge in [-0.25, -0.2) is 8.37 Å². The van der Waals surface area contributed by atoms with Gasteiger partial charge in [0.2, 0.25) is 0 Å². The van der Waals surface area contributed by atoms with E-state index in [4.69, 9.17) is 17.8 Å². The standard InChI is InChI=1S/C22H24O6S/c1-25-17-7-3-15(4-8-17)21-11-12-22(21,16-5-9-18(26-2)10-6-16)20-14-28-29(23,24)27-13-19(20)21/h3-10,19-20H,11-14H2,1-2H3/t19-,20+,21-,22+. The average molecular weight is 416 g/mol. The molecule has 2 saturated carbocycles. The normalized spacial score (nSPS) is 34.6. The van der Waals surface area contributed by atoms with E-state index in [0.29, 0.717) is 0 Å². The first-order valence-electron chi connectivity index (χ1n) is 9.80. The number of hydrogen-bond donors (Lipinski definition) is 0. The molecular weight excluding hydrogens is 392 g/mol. The third-order valence-electron chi connectivity index (χ3n) is 7.46. The zero-order valence-corrected chi connectivity index (χ0v) is 17.3. The topological polar surface area (TPSA) is 71.1 Å². The maximum absolute atomic E-state index is 12.0. The lowest BCUT2D eigenvalue weighted by atomic mass is 9.26. The first kappa shape index (κ1) is 18.9. The Kier molecular flexibility index (Phi) is 4.21. The summed E-state index contributed by atoms with van der Waals surface area (Å²) in [5, 5.41) is 0. The molecule has 2 aromatic carbocycles. The highest BCUT2D eigenvalue weighted by molar-refractivity contribution is 7.81. The maximum Gasteiger partial charge on any atom is 0.399 e. The van der Waals surface area contributed by atoms with Crippen LogP contribution < -0.4 is 9.47 Å². The van der Waals surface area contributed by atoms with Crippen LogP contribution in [0.2, 0.25) is 0 Å². The Morgan fingerprint density at radius 3 is 1.45 bits per heavy atom. The van der Waals surface area contributed by atoms with Crippen molar-refractivity contribution >= 4 is 10.4 Å². The van der Waals surface area contributed by atoms with Gasteiger partial charge in [-0.15, -0.1) is 0 Å². The highest BCUT2D eigenvalue weighted by Gasteiger charge is 2.78. The fourth-order valence-corrected chi connectivity index (χ4v) is 6.85. The summed E-state index contributed by atoms with van der Waals surface area (Å²) in [5.41, 5.74) is 2.04. The van der Waals surface area contributed by atoms with Crippen molar-refractivity contribution in [2.45, 2.75) is 23.7 Å². The Morgan fingerprint density at radius 1 is 0.759 bits per heavy atom. The van der Waals surface area contributed by atoms with E-state index in [9.17, 15) is 8.42 Å². The fourth-order valence-electron chi connectivity index (χ4n) is 6.16. The molecule has 3 fully saturated rings. The number of benzene rings is 2. The first-order chi connectivity index (χ1) is 14.0. The number of ether oxygens (including phenoxy) is 2. The van der Waals surface area contributed by atoms with Crippen molar-refractivity contribution in [2.75, 3.05) is 27.4 Å². The van der Waals surface area contributed by atoms with Crippen LogP contribution in [0.3, 0.4) is 0 Å². The lowest BCUT2D eigenvalue weighted by molar-refractivity contribution is -0.184. The largest absolute Gasteiger partial charge is 0.497 e. The van der Waals surface area contributed by atoms with Gasteiger partial charge in [-0.05, 0) is 48.2 Å². The van der Waals surface area contributed by atoms with Gasteiger partial charge in [-0.1, -0.05) is 24.3 Å². The van der Waals surface area contributed by atoms with Crippen molar-refractivity contribution in [3.63, 3.8) is 0 Å². The number of rotatable bonds is 4. The summed E-state index contributed by atoms with van der Waals surface area (Å²) in [7, 11) is -0.640. The number of methoxy groups -OCH3 is 2. The summed E-state index contributed by atoms with van der Waals surface area (Å²) in [5.74, 6) is 1.75. The average Bonchev–Trinajstić information content (AvgIpc) is 2.87. The molecule has 0 unspecified atom stereocenters. The zero-order chi connectivity index (χ0) is 20.3. The zero-order valence-electron chi connectivity index (χ0n) is 16.5. The summed E-state index contributed by atoms with van der Waals surface area (Å²) < 4.78 is 45.0. The van der Waals surface area contributed by atoms with Gasteiger partial charge in [-0.2, -0.15) is 8.42 Å². The summed E-state index contributed by atoms with van der Waals surface area (Å²) in [6.07, 6.45) is 1.96. The molecule has 5 rings (SSSR count). The van der Waals surface area contributed by atoms with Gasteiger partial charge < -0.3 is 9.47 Å². The predicted octanol–water partition coefficient (Wildman–Crippen LogP) is 3.21. The van der Waals surface area contributed by atoms with Gasteiger partial charge in [0.15, 0.2) is 0 Å². The third kappa shape index (κ3) is 2.44. The van der Waals surface area contributed by atoms with Gasteiger partial charge in [0.1, 0.15) is 11.5 Å². The summed E-state index contributed by atoms with van der Waals surface area (Å²) >= 11 is 0. The minimum atomic E-state index is -3.94. The van der Waals surface area contributed by atoms with E-state index >= 15 is 0 Å². The van der Waals surface area contributed by atoms with Crippen molar-refractivity contribution in [1.82, 2.24) is 0 Å². The van der Waals surface area contributed by atoms with Crippen molar-refractivity contribution in [2.24, 2.45) is 11.8 Å². The lowest BCUT2D eigenvalue weighted by Gasteiger charge is -2.76. The molecule has 0 aromatic heterocycles. The summed E-state index contributed by atoms with van der Waals surface area (Å²) in [6, 6.07) is 16.3. The van der Waals surface area contributed by atoms with Crippen LogP contribution >= 0.6 is 0 Å². The van der Waals surface area contributed by atoms with Crippen LogP contribution in [-0.2, 0) is 29.6 Å². The lowest BCUT2D eigenvalue weighted by Crippen LogP contribution is -2.78. The molecular formula is C22H24O6S. The molecule has 1 aliphatic heterocycles. The Bertz CT molecular complexity index is 939. The van der Waals surface area contributed by atoms with E-state index in [2.05, 4.69) is 24.3 Å². The monoisotopic (exact) mass is 416 g/mol. The summed E-state index contributed by atoms with van der Waals surface area (Å²) in [4.78, 5) is 0. The van der Waals surface area contributed by atoms with Gasteiger partial charge in [-0.3, -0.25) is 0 Å². The van der Waals surface area contributed by atoms with Crippen LogP contribution in [0.25, 0.3) is 0 Å². The van der Waals surface area contributed by atoms with E-state index in [1.165, 1.54) is 11.1 Å². The molecule has 154 valence electrons. The molecule has 0 spiro atoms. The third-order valence-corrected chi connectivity index (χ3v) is 8.31. The molecule has 0 bridgehead atoms. The van der Waals surface area contributed by atoms with E-state index < -0.39 is 10.4 Å². The molecule has 0 amide bonds. The van der Waals surface area contributed by atoms with Crippen LogP contribution in [0.5, 0.6) is 11.5 Å². The van der Waals surface area contributed by atoms with E-state index in [1.807, 2.05) is 24.3 Å². The van der Waals surface area contributed by atoms with E-state index in [0.717, 1.165) is 24.3 Å². The van der Waals surface area contributed by atoms with Crippen molar-refractivity contribution < 1.29 is 26.3 Å². The molecule has 6 nitrogen and oxygen atoms in total. The minimum absolute atomic E-state index is 0.0732. The SMILES string of the molecule is COc1ccc([C@]23CC[C@@]2(c2ccc(OC)cc2)[C@@H]2COS(=O)(=O)OC[C@@H]23)cc1. The van der Waals surface area contributed by atoms with Gasteiger partial charge in [0.25, 0.3) is 0 Å². The van der Waals surface area contributed by atoms with E-state index in [-0.39, 0.29) is 35.9 Å². The Hall–Kier alpha value is -2.09. The molecule has 29 heavy (non-hydrogen) atoms. The van der Waals surface area contributed by atoms with Gasteiger partial charge >= 0.3 is 10.4 Å². The second-order valence-corrected chi connectivity index (χ2v) is 9.38. The van der Waals surface area contributed by atoms with Crippen LogP contribution in [-0.4, -0.2) is 35.9 Å². The van der Waals surface area contributed by atoms with Crippen LogP contribution in [0.1, 0.15) is 24.0 Å². The van der Waals surface area contributed by atoms with Crippen molar-refractivity contribution in [1.29, 1.82) is 0 Å². The molecule has 1 heterocycles. The first-order valence-corrected chi connectivity index (χ1v) is 11.1. The second-order valence-electron chi connectivity index (χ2n) is 8.09. The van der Waals surface area contributed by atoms with Crippen molar-refractivity contribution in [3.8, 4) is 11.5 Å². The van der Waals surface area contributed by atoms with Crippen LogP contribution in [0.15, 0.2) is 48.5 Å². The number of hydrogen-bond acceptors (Lipinski definition) is 6. The molecule has 0 N–H and O–H groups in total. The molecule has 7 heteroatoms. The van der Waals surface area contributed by atoms with Crippen molar-refractivity contribution in [3.05, 3.63) is 59.7 Å². The Morgan fingerprint density at radius 2 is 1.14 bits per heavy atom. The molecule has 0 radical (unpaired) electrons. The highest BCUT2D eigenvalue weighted by atomic mass is 32.3. The molecule has 4 atom stereocenters. The maximum atomic E-state index is 12.0. The minimum Gasteiger partial charge on any atom is -0.497 e. The Labute approximate surface area is 171 Å². The highest BCUT2D eigenvalue weighted by Crippen LogP contribution is 2.77. The second kappa shape index (κ2) is 6.45. The molecule has 3 aliphatic rings. The number of fused-ring (bicyclic) bond motifs is 4. The van der Waals surface area contributed by atoms with Crippen LogP contribution in [0, 0.1) is 11.8 Å². The quantitative estimate of drug-likeness (QED) is 0.762. The summed E-state index contributed by atoms with van der Waals surface area (Å²) in [6.45, 7) is 0.299. The van der Waals surface area contributed by atoms with Crippen LogP contribution in [0.4, 0.5) is 0 Å². The fraction of sp³-hybridized carbons (Fsp3) is 0.455. The molecule has 2 aromatic rings. The van der Waals surface area contributed by atoms with E-state index in [1.54, 1.807) is 14.2 Å². The smallest absolute Gasteiger partial charge is 0.399 e. The predicted molar refractivity (Wildman–Crippen MR) is 106 cm³/mol. The Balaban J connectivity index is 1.63. The van der Waals surface area contributed by atoms with Gasteiger partial charge in [0.05, 0.1) is 27.4 Å². The van der Waals surface area contributed by atoms with Gasteiger partial charge in [0, 0.05) is 22.7 Å².